The summed E-state index contributed by atoms with van der Waals surface area (Å²) in [4.78, 5) is 20.4. The Kier molecular flexibility index (Phi) is 16.2. The van der Waals surface area contributed by atoms with Crippen LogP contribution in [0.5, 0.6) is 0 Å². The number of aromatic nitrogens is 2. The minimum absolute atomic E-state index is 0. The largest absolute Gasteiger partial charge is 0.512 e. The maximum Gasteiger partial charge on any atom is 0.162 e. The van der Waals surface area contributed by atoms with Crippen molar-refractivity contribution >= 4 is 16.6 Å². The van der Waals surface area contributed by atoms with Crippen molar-refractivity contribution in [2.75, 3.05) is 0 Å². The molecule has 0 fully saturated rings. The Morgan fingerprint density at radius 1 is 0.764 bits per heavy atom. The van der Waals surface area contributed by atoms with E-state index in [0.717, 1.165) is 59.6 Å². The van der Waals surface area contributed by atoms with Gasteiger partial charge in [0.1, 0.15) is 18.0 Å². The molecule has 1 heterocycles. The van der Waals surface area contributed by atoms with Crippen molar-refractivity contribution in [2.45, 2.75) is 107 Å². The van der Waals surface area contributed by atoms with Crippen LogP contribution in [0.2, 0.25) is 0 Å². The number of aliphatic hydroxyl groups is 1. The van der Waals surface area contributed by atoms with Gasteiger partial charge in [-0.05, 0) is 77.8 Å². The van der Waals surface area contributed by atoms with E-state index in [2.05, 4.69) is 69.7 Å². The zero-order chi connectivity index (χ0) is 39.8. The Hall–Kier alpha value is -4.06. The summed E-state index contributed by atoms with van der Waals surface area (Å²) in [5, 5.41) is 11.9. The molecular weight excluding hydrogens is 867 g/mol. The first-order valence-electron chi connectivity index (χ1n) is 19.3. The maximum absolute atomic E-state index is 15.4. The summed E-state index contributed by atoms with van der Waals surface area (Å²) in [6.07, 6.45) is 7.19. The fraction of sp³-hybridized carbons (Fsp3) is 0.396. The molecule has 4 aromatic carbocycles. The molecule has 0 saturated carbocycles. The molecule has 0 bridgehead atoms. The third-order valence-electron chi connectivity index (χ3n) is 9.93. The van der Waals surface area contributed by atoms with Crippen LogP contribution in [0.3, 0.4) is 0 Å². The van der Waals surface area contributed by atoms with Crippen molar-refractivity contribution in [1.29, 1.82) is 0 Å². The van der Waals surface area contributed by atoms with Crippen molar-refractivity contribution in [1.82, 2.24) is 9.97 Å². The van der Waals surface area contributed by atoms with Crippen LogP contribution in [0.25, 0.3) is 44.4 Å². The molecule has 0 aliphatic carbocycles. The molecule has 0 unspecified atom stereocenters. The number of rotatable bonds is 11. The van der Waals surface area contributed by atoms with Crippen LogP contribution in [-0.2, 0) is 36.7 Å². The van der Waals surface area contributed by atoms with Gasteiger partial charge in [0.2, 0.25) is 0 Å². The van der Waals surface area contributed by atoms with Gasteiger partial charge in [0.25, 0.3) is 0 Å². The predicted molar refractivity (Wildman–Crippen MR) is 220 cm³/mol. The number of fused-ring (bicyclic) bond motifs is 1. The maximum atomic E-state index is 15.4. The van der Waals surface area contributed by atoms with E-state index in [-0.39, 0.29) is 65.6 Å². The molecule has 55 heavy (non-hydrogen) atoms. The number of hydrogen-bond donors (Lipinski definition) is 1. The van der Waals surface area contributed by atoms with Crippen LogP contribution >= 0.6 is 0 Å². The summed E-state index contributed by atoms with van der Waals surface area (Å²) >= 11 is 0. The fourth-order valence-corrected chi connectivity index (χ4v) is 6.82. The number of aliphatic hydroxyl groups excluding tert-OH is 1. The van der Waals surface area contributed by atoms with Gasteiger partial charge in [0.15, 0.2) is 5.78 Å². The van der Waals surface area contributed by atoms with Gasteiger partial charge in [-0.1, -0.05) is 123 Å². The first-order chi connectivity index (χ1) is 25.5. The summed E-state index contributed by atoms with van der Waals surface area (Å²) < 4.78 is 30.9. The minimum Gasteiger partial charge on any atom is -0.512 e. The van der Waals surface area contributed by atoms with E-state index in [4.69, 9.17) is 0 Å². The predicted octanol–water partition coefficient (Wildman–Crippen LogP) is 13.5. The van der Waals surface area contributed by atoms with Gasteiger partial charge in [-0.25, -0.2) is 13.8 Å². The van der Waals surface area contributed by atoms with Gasteiger partial charge >= 0.3 is 0 Å². The standard InChI is InChI=1S/C35H33F2N2.C13H24O2.Ir/c1-34(2,3)20-22-11-13-23(14-12-22)25-17-29(36)33(30(37)18-25)32-19-31(38-21-39-32)26-15-24-9-7-8-10-27(24)28(16-26)35(4,5)6;1-5-10(6-2)12(14)9-13(15)11(7-3)8-4;/h7-14,16-19,21H,20H2,1-6H3;9-11,14H,5-8H2,1-4H3;/q-1;;/b;12-9-;. The van der Waals surface area contributed by atoms with E-state index >= 15 is 8.78 Å². The Morgan fingerprint density at radius 2 is 1.33 bits per heavy atom. The van der Waals surface area contributed by atoms with Gasteiger partial charge in [0, 0.05) is 43.7 Å². The van der Waals surface area contributed by atoms with Gasteiger partial charge < -0.3 is 5.11 Å². The molecule has 7 heteroatoms. The van der Waals surface area contributed by atoms with Gasteiger partial charge in [0.05, 0.1) is 17.0 Å². The van der Waals surface area contributed by atoms with Crippen LogP contribution in [0.4, 0.5) is 8.78 Å². The van der Waals surface area contributed by atoms with Crippen molar-refractivity contribution in [3.63, 3.8) is 0 Å². The van der Waals surface area contributed by atoms with Gasteiger partial charge in [-0.2, -0.15) is 0 Å². The van der Waals surface area contributed by atoms with Crippen molar-refractivity contribution in [2.24, 2.45) is 17.3 Å². The zero-order valence-electron chi connectivity index (χ0n) is 34.1. The van der Waals surface area contributed by atoms with Crippen LogP contribution < -0.4 is 0 Å². The molecule has 5 aromatic rings. The molecule has 4 nitrogen and oxygen atoms in total. The van der Waals surface area contributed by atoms with E-state index in [9.17, 15) is 9.90 Å². The summed E-state index contributed by atoms with van der Waals surface area (Å²) in [6, 6.07) is 25.9. The number of nitrogens with zero attached hydrogens (tertiary/aromatic N) is 2. The number of benzene rings is 4. The third kappa shape index (κ3) is 12.0. The molecule has 0 spiro atoms. The fourth-order valence-electron chi connectivity index (χ4n) is 6.82. The molecule has 0 amide bonds. The molecule has 1 N–H and O–H groups in total. The van der Waals surface area contributed by atoms with Crippen LogP contribution in [0.15, 0.2) is 91.0 Å². The third-order valence-corrected chi connectivity index (χ3v) is 9.93. The van der Waals surface area contributed by atoms with E-state index < -0.39 is 11.6 Å². The Morgan fingerprint density at radius 3 is 1.87 bits per heavy atom. The summed E-state index contributed by atoms with van der Waals surface area (Å²) in [5.41, 5.74) is 5.01. The quantitative estimate of drug-likeness (QED) is 0.0814. The monoisotopic (exact) mass is 924 g/mol. The topological polar surface area (TPSA) is 63.1 Å². The van der Waals surface area contributed by atoms with E-state index in [1.165, 1.54) is 30.1 Å². The van der Waals surface area contributed by atoms with Crippen molar-refractivity contribution in [3.05, 3.63) is 120 Å². The van der Waals surface area contributed by atoms with Crippen molar-refractivity contribution < 1.29 is 38.8 Å². The number of carbonyl (C=O) groups excluding carboxylic acids is 1. The van der Waals surface area contributed by atoms with E-state index in [1.54, 1.807) is 6.07 Å². The van der Waals surface area contributed by atoms with E-state index in [1.807, 2.05) is 70.2 Å². The van der Waals surface area contributed by atoms with Gasteiger partial charge in [-0.3, -0.25) is 9.78 Å². The van der Waals surface area contributed by atoms with Crippen LogP contribution in [0.1, 0.15) is 106 Å². The SMILES string of the molecule is CC(C)(C)Cc1ccc(-c2cc(F)c(-c3cc(-c4[c-]c5ccccc5c(C(C)(C)C)c4)ncn3)c(F)c2)cc1.CCC(CC)C(=O)/C=C(\O)C(CC)CC.[Ir]. The molecule has 0 aliphatic rings. The minimum atomic E-state index is -0.661. The molecule has 0 saturated heterocycles. The Bertz CT molecular complexity index is 2050. The summed E-state index contributed by atoms with van der Waals surface area (Å²) in [7, 11) is 0. The average molecular weight is 924 g/mol. The van der Waals surface area contributed by atoms with Crippen LogP contribution in [0, 0.1) is 35.0 Å². The molecular formula is C48H57F2IrN2O2-. The number of hydrogen-bond acceptors (Lipinski definition) is 4. The first kappa shape index (κ1) is 45.3. The molecule has 1 radical (unpaired) electrons. The molecule has 5 rings (SSSR count). The first-order valence-corrected chi connectivity index (χ1v) is 19.3. The second kappa shape index (κ2) is 19.7. The van der Waals surface area contributed by atoms with Crippen LogP contribution in [-0.4, -0.2) is 20.9 Å². The molecule has 295 valence electrons. The van der Waals surface area contributed by atoms with Gasteiger partial charge in [-0.15, -0.1) is 29.1 Å². The smallest absolute Gasteiger partial charge is 0.162 e. The molecule has 0 aliphatic heterocycles. The Balaban J connectivity index is 0.000000433. The Labute approximate surface area is 341 Å². The normalized spacial score (nSPS) is 12.1. The van der Waals surface area contributed by atoms with Crippen molar-refractivity contribution in [3.8, 4) is 33.6 Å². The zero-order valence-corrected chi connectivity index (χ0v) is 36.5. The number of allylic oxidation sites excluding steroid dienone is 2. The molecule has 0 atom stereocenters. The van der Waals surface area contributed by atoms with E-state index in [0.29, 0.717) is 11.3 Å². The molecule has 1 aromatic heterocycles. The number of ketones is 1. The summed E-state index contributed by atoms with van der Waals surface area (Å²) in [6.45, 7) is 21.1. The second-order valence-electron chi connectivity index (χ2n) is 16.4. The number of halogens is 2. The average Bonchev–Trinajstić information content (AvgIpc) is 3.11. The second-order valence-corrected chi connectivity index (χ2v) is 16.4. The summed E-state index contributed by atoms with van der Waals surface area (Å²) in [5.74, 6) is -0.774. The number of carbonyl (C=O) groups is 1.